The summed E-state index contributed by atoms with van der Waals surface area (Å²) in [5.41, 5.74) is 0. The van der Waals surface area contributed by atoms with E-state index >= 15 is 0 Å². The average molecular weight is 291 g/mol. The summed E-state index contributed by atoms with van der Waals surface area (Å²) < 4.78 is 38.0. The molecule has 1 unspecified atom stereocenters. The Morgan fingerprint density at radius 2 is 2.17 bits per heavy atom. The van der Waals surface area contributed by atoms with Gasteiger partial charge in [-0.05, 0) is 18.6 Å². The van der Waals surface area contributed by atoms with Crippen LogP contribution in [0.2, 0.25) is 0 Å². The first-order valence-electron chi connectivity index (χ1n) is 5.08. The van der Waals surface area contributed by atoms with E-state index in [1.165, 1.54) is 0 Å². The first kappa shape index (κ1) is 13.2. The van der Waals surface area contributed by atoms with Crippen LogP contribution in [0.25, 0.3) is 0 Å². The molecule has 0 radical (unpaired) electrons. The Bertz CT molecular complexity index is 593. The van der Waals surface area contributed by atoms with E-state index in [1.807, 2.05) is 0 Å². The molecule has 1 atom stereocenters. The van der Waals surface area contributed by atoms with Gasteiger partial charge in [0.15, 0.2) is 5.13 Å². The number of thiophene rings is 1. The number of sulfonamides is 1. The maximum Gasteiger partial charge on any atom is 0.322 e. The molecule has 0 aliphatic carbocycles. The van der Waals surface area contributed by atoms with Crippen LogP contribution in [0, 0.1) is 5.13 Å². The third-order valence-corrected chi connectivity index (χ3v) is 5.77. The first-order chi connectivity index (χ1) is 8.43. The van der Waals surface area contributed by atoms with Crippen LogP contribution in [-0.2, 0) is 14.8 Å². The van der Waals surface area contributed by atoms with Gasteiger partial charge in [-0.15, -0.1) is 0 Å². The standard InChI is InChI=1S/C10H10FNO4S2/c11-8-4-5-9(17-8)18(15,16)12-6-2-1-3-7(12)10(13)14/h1-2,4-5,7H,3,6H2,(H,13,14). The van der Waals surface area contributed by atoms with Crippen molar-refractivity contribution in [3.8, 4) is 0 Å². The normalized spacial score (nSPS) is 21.1. The summed E-state index contributed by atoms with van der Waals surface area (Å²) in [5.74, 6) is -1.21. The molecule has 8 heteroatoms. The second kappa shape index (κ2) is 4.79. The molecule has 98 valence electrons. The average Bonchev–Trinajstić information content (AvgIpc) is 2.76. The summed E-state index contributed by atoms with van der Waals surface area (Å²) >= 11 is 0.489. The SMILES string of the molecule is O=C(O)C1CC=CCN1S(=O)(=O)c1ccc(F)s1. The smallest absolute Gasteiger partial charge is 0.322 e. The molecule has 0 amide bonds. The molecule has 0 aromatic carbocycles. The van der Waals surface area contributed by atoms with Crippen LogP contribution in [0.3, 0.4) is 0 Å². The van der Waals surface area contributed by atoms with Crippen LogP contribution in [0.15, 0.2) is 28.5 Å². The lowest BCUT2D eigenvalue weighted by molar-refractivity contribution is -0.141. The Hall–Kier alpha value is -1.25. The van der Waals surface area contributed by atoms with Crippen molar-refractivity contribution >= 4 is 27.3 Å². The fraction of sp³-hybridized carbons (Fsp3) is 0.300. The Kier molecular flexibility index (Phi) is 3.51. The van der Waals surface area contributed by atoms with Crippen molar-refractivity contribution < 1.29 is 22.7 Å². The van der Waals surface area contributed by atoms with Crippen molar-refractivity contribution in [2.24, 2.45) is 0 Å². The molecule has 18 heavy (non-hydrogen) atoms. The van der Waals surface area contributed by atoms with Crippen LogP contribution in [0.4, 0.5) is 4.39 Å². The van der Waals surface area contributed by atoms with E-state index in [9.17, 15) is 17.6 Å². The molecule has 2 rings (SSSR count). The summed E-state index contributed by atoms with van der Waals surface area (Å²) in [6, 6.07) is 1.06. The highest BCUT2D eigenvalue weighted by Crippen LogP contribution is 2.27. The predicted molar refractivity (Wildman–Crippen MR) is 63.3 cm³/mol. The van der Waals surface area contributed by atoms with E-state index in [4.69, 9.17) is 5.11 Å². The van der Waals surface area contributed by atoms with E-state index in [1.54, 1.807) is 12.2 Å². The van der Waals surface area contributed by atoms with Gasteiger partial charge >= 0.3 is 5.97 Å². The van der Waals surface area contributed by atoms with E-state index in [-0.39, 0.29) is 17.2 Å². The Labute approximate surface area is 107 Å². The molecule has 5 nitrogen and oxygen atoms in total. The van der Waals surface area contributed by atoms with Crippen LogP contribution in [0.1, 0.15) is 6.42 Å². The predicted octanol–water partition coefficient (Wildman–Crippen LogP) is 1.29. The highest BCUT2D eigenvalue weighted by atomic mass is 32.2. The zero-order valence-electron chi connectivity index (χ0n) is 9.11. The largest absolute Gasteiger partial charge is 0.480 e. The second-order valence-electron chi connectivity index (χ2n) is 3.69. The van der Waals surface area contributed by atoms with Crippen LogP contribution in [-0.4, -0.2) is 36.4 Å². The van der Waals surface area contributed by atoms with E-state index < -0.39 is 27.2 Å². The molecule has 0 bridgehead atoms. The Balaban J connectivity index is 2.40. The first-order valence-corrected chi connectivity index (χ1v) is 7.33. The molecule has 0 saturated carbocycles. The minimum Gasteiger partial charge on any atom is -0.480 e. The lowest BCUT2D eigenvalue weighted by Gasteiger charge is -2.28. The maximum absolute atomic E-state index is 12.9. The molecule has 1 aliphatic rings. The number of carboxylic acids is 1. The number of carbonyl (C=O) groups is 1. The van der Waals surface area contributed by atoms with Crippen molar-refractivity contribution in [2.45, 2.75) is 16.7 Å². The summed E-state index contributed by atoms with van der Waals surface area (Å²) in [6.45, 7) is -0.0151. The molecule has 1 aromatic rings. The van der Waals surface area contributed by atoms with Gasteiger partial charge in [-0.1, -0.05) is 23.5 Å². The summed E-state index contributed by atoms with van der Waals surface area (Å²) in [4.78, 5) is 11.0. The molecular weight excluding hydrogens is 281 g/mol. The number of hydrogen-bond acceptors (Lipinski definition) is 4. The zero-order chi connectivity index (χ0) is 13.3. The van der Waals surface area contributed by atoms with Crippen molar-refractivity contribution in [2.75, 3.05) is 6.54 Å². The number of nitrogens with zero attached hydrogens (tertiary/aromatic N) is 1. The monoisotopic (exact) mass is 291 g/mol. The molecule has 1 N–H and O–H groups in total. The molecule has 0 saturated heterocycles. The molecule has 1 aliphatic heterocycles. The summed E-state index contributed by atoms with van der Waals surface area (Å²) in [5, 5.41) is 8.40. The fourth-order valence-corrected chi connectivity index (χ4v) is 4.37. The molecule has 1 aromatic heterocycles. The van der Waals surface area contributed by atoms with Gasteiger partial charge in [0.1, 0.15) is 10.3 Å². The van der Waals surface area contributed by atoms with Crippen LogP contribution in [0.5, 0.6) is 0 Å². The highest BCUT2D eigenvalue weighted by molar-refractivity contribution is 7.91. The van der Waals surface area contributed by atoms with Gasteiger partial charge in [-0.2, -0.15) is 8.70 Å². The van der Waals surface area contributed by atoms with Crippen molar-refractivity contribution in [1.82, 2.24) is 4.31 Å². The zero-order valence-corrected chi connectivity index (χ0v) is 10.7. The summed E-state index contributed by atoms with van der Waals surface area (Å²) in [6.07, 6.45) is 3.32. The summed E-state index contributed by atoms with van der Waals surface area (Å²) in [7, 11) is -3.96. The third-order valence-electron chi connectivity index (χ3n) is 2.56. The van der Waals surface area contributed by atoms with Crippen LogP contribution >= 0.6 is 11.3 Å². The van der Waals surface area contributed by atoms with Crippen molar-refractivity contribution in [3.63, 3.8) is 0 Å². The van der Waals surface area contributed by atoms with Gasteiger partial charge in [0.25, 0.3) is 10.0 Å². The van der Waals surface area contributed by atoms with Gasteiger partial charge in [-0.3, -0.25) is 4.79 Å². The number of halogens is 1. The van der Waals surface area contributed by atoms with Gasteiger partial charge in [0.2, 0.25) is 0 Å². The maximum atomic E-state index is 12.9. The van der Waals surface area contributed by atoms with E-state index in [0.717, 1.165) is 16.4 Å². The number of rotatable bonds is 3. The van der Waals surface area contributed by atoms with Gasteiger partial charge in [-0.25, -0.2) is 8.42 Å². The number of carboxylic acid groups (broad SMARTS) is 1. The van der Waals surface area contributed by atoms with Crippen LogP contribution < -0.4 is 0 Å². The van der Waals surface area contributed by atoms with E-state index in [2.05, 4.69) is 0 Å². The molecule has 0 fully saturated rings. The number of hydrogen-bond donors (Lipinski definition) is 1. The van der Waals surface area contributed by atoms with Gasteiger partial charge in [0, 0.05) is 6.54 Å². The van der Waals surface area contributed by atoms with Gasteiger partial charge < -0.3 is 5.11 Å². The number of aliphatic carboxylic acids is 1. The quantitative estimate of drug-likeness (QED) is 0.852. The lowest BCUT2D eigenvalue weighted by Crippen LogP contribution is -2.46. The van der Waals surface area contributed by atoms with Crippen molar-refractivity contribution in [3.05, 3.63) is 29.4 Å². The van der Waals surface area contributed by atoms with E-state index in [0.29, 0.717) is 11.3 Å². The second-order valence-corrected chi connectivity index (χ2v) is 6.85. The lowest BCUT2D eigenvalue weighted by atomic mass is 10.1. The van der Waals surface area contributed by atoms with Gasteiger partial charge in [0.05, 0.1) is 0 Å². The highest BCUT2D eigenvalue weighted by Gasteiger charge is 2.36. The minimum atomic E-state index is -3.96. The Morgan fingerprint density at radius 1 is 1.44 bits per heavy atom. The topological polar surface area (TPSA) is 74.7 Å². The van der Waals surface area contributed by atoms with Crippen molar-refractivity contribution in [1.29, 1.82) is 0 Å². The molecular formula is C10H10FNO4S2. The minimum absolute atomic E-state index is 0.0151. The molecule has 0 spiro atoms. The Morgan fingerprint density at radius 3 is 2.72 bits per heavy atom. The fourth-order valence-electron chi connectivity index (χ4n) is 1.69. The molecule has 2 heterocycles. The third kappa shape index (κ3) is 2.31.